The maximum absolute atomic E-state index is 12.1. The number of halogens is 8. The van der Waals surface area contributed by atoms with Crippen molar-refractivity contribution >= 4 is 15.9 Å². The predicted octanol–water partition coefficient (Wildman–Crippen LogP) is 3.73. The molecule has 0 aliphatic heterocycles. The van der Waals surface area contributed by atoms with Gasteiger partial charge in [0.05, 0.1) is 0 Å². The molecule has 0 bridgehead atoms. The van der Waals surface area contributed by atoms with Gasteiger partial charge in [-0.1, -0.05) is 6.58 Å². The Bertz CT molecular complexity index is 215. The van der Waals surface area contributed by atoms with Crippen LogP contribution in [0, 0.1) is 0 Å². The number of alkyl halides is 7. The number of rotatable bonds is 3. The summed E-state index contributed by atoms with van der Waals surface area (Å²) in [7, 11) is 0. The minimum absolute atomic E-state index is 1.03. The van der Waals surface area contributed by atoms with E-state index in [0.717, 1.165) is 15.9 Å². The number of hydrogen-bond donors (Lipinski definition) is 0. The van der Waals surface area contributed by atoms with E-state index in [9.17, 15) is 30.7 Å². The van der Waals surface area contributed by atoms with Gasteiger partial charge >= 0.3 is 16.7 Å². The summed E-state index contributed by atoms with van der Waals surface area (Å²) in [6, 6.07) is 0. The Hall–Kier alpha value is -0.270. The molecule has 78 valence electrons. The summed E-state index contributed by atoms with van der Waals surface area (Å²) in [4.78, 5) is -5.21. The van der Waals surface area contributed by atoms with E-state index in [0.29, 0.717) is 0 Å². The van der Waals surface area contributed by atoms with E-state index in [2.05, 4.69) is 0 Å². The molecule has 0 saturated carbocycles. The largest absolute Gasteiger partial charge is 0.388 e. The van der Waals surface area contributed by atoms with Crippen molar-refractivity contribution in [3.05, 3.63) is 12.4 Å². The van der Waals surface area contributed by atoms with Crippen LogP contribution in [0.2, 0.25) is 0 Å². The molecule has 0 fully saturated rings. The lowest BCUT2D eigenvalue weighted by molar-refractivity contribution is -0.263. The molecule has 8 heteroatoms. The average molecular weight is 275 g/mol. The van der Waals surface area contributed by atoms with Crippen LogP contribution in [0.15, 0.2) is 12.4 Å². The SMILES string of the molecule is C=C(F)C(F)(F)C(F)(F)C(F)(F)Br. The van der Waals surface area contributed by atoms with Gasteiger partial charge < -0.3 is 0 Å². The average Bonchev–Trinajstić information content (AvgIpc) is 1.84. The molecular formula is C5H2BrF7. The van der Waals surface area contributed by atoms with E-state index in [1.165, 1.54) is 0 Å². The normalized spacial score (nSPS) is 14.5. The van der Waals surface area contributed by atoms with Crippen LogP contribution in [0.1, 0.15) is 0 Å². The molecule has 0 atom stereocenters. The van der Waals surface area contributed by atoms with Crippen molar-refractivity contribution in [3.63, 3.8) is 0 Å². The molecule has 0 aliphatic carbocycles. The zero-order chi connectivity index (χ0) is 11.1. The molecule has 13 heavy (non-hydrogen) atoms. The minimum atomic E-state index is -5.87. The van der Waals surface area contributed by atoms with Gasteiger partial charge in [-0.2, -0.15) is 26.3 Å². The van der Waals surface area contributed by atoms with Gasteiger partial charge in [-0.3, -0.25) is 0 Å². The second kappa shape index (κ2) is 3.14. The number of hydrogen-bond acceptors (Lipinski definition) is 0. The summed E-state index contributed by atoms with van der Waals surface area (Å²) in [6.07, 6.45) is 0. The van der Waals surface area contributed by atoms with E-state index in [1.54, 1.807) is 0 Å². The molecule has 0 amide bonds. The monoisotopic (exact) mass is 274 g/mol. The topological polar surface area (TPSA) is 0 Å². The fourth-order valence-electron chi connectivity index (χ4n) is 0.348. The summed E-state index contributed by atoms with van der Waals surface area (Å²) in [6.45, 7) is 1.86. The van der Waals surface area contributed by atoms with Crippen molar-refractivity contribution in [2.75, 3.05) is 0 Å². The van der Waals surface area contributed by atoms with Crippen LogP contribution in [-0.2, 0) is 0 Å². The van der Waals surface area contributed by atoms with E-state index >= 15 is 0 Å². The zero-order valence-corrected chi connectivity index (χ0v) is 7.32. The first-order valence-electron chi connectivity index (χ1n) is 2.62. The van der Waals surface area contributed by atoms with Gasteiger partial charge in [0.25, 0.3) is 0 Å². The lowest BCUT2D eigenvalue weighted by Gasteiger charge is -2.27. The van der Waals surface area contributed by atoms with Gasteiger partial charge in [0, 0.05) is 0 Å². The third kappa shape index (κ3) is 1.97. The molecule has 0 unspecified atom stereocenters. The highest BCUT2D eigenvalue weighted by atomic mass is 79.9. The van der Waals surface area contributed by atoms with Crippen LogP contribution >= 0.6 is 15.9 Å². The quantitative estimate of drug-likeness (QED) is 0.543. The standard InChI is InChI=1S/C5H2BrF7/c1-2(7)3(8,9)4(10,11)5(6,12)13/h1H2. The molecule has 0 aliphatic rings. The Morgan fingerprint density at radius 1 is 1.00 bits per heavy atom. The molecule has 0 aromatic heterocycles. The van der Waals surface area contributed by atoms with Gasteiger partial charge in [0.1, 0.15) is 0 Å². The Labute approximate surface area is 76.5 Å². The minimum Gasteiger partial charge on any atom is -0.206 e. The van der Waals surface area contributed by atoms with Crippen LogP contribution in [0.5, 0.6) is 0 Å². The Morgan fingerprint density at radius 3 is 1.38 bits per heavy atom. The summed E-state index contributed by atoms with van der Waals surface area (Å²) in [5, 5.41) is 0. The maximum Gasteiger partial charge on any atom is 0.388 e. The molecule has 0 aromatic carbocycles. The highest BCUT2D eigenvalue weighted by molar-refractivity contribution is 9.10. The van der Waals surface area contributed by atoms with Crippen molar-refractivity contribution < 1.29 is 30.7 Å². The molecule has 0 spiro atoms. The predicted molar refractivity (Wildman–Crippen MR) is 34.0 cm³/mol. The molecule has 0 saturated heterocycles. The molecule has 0 N–H and O–H groups in total. The van der Waals surface area contributed by atoms with Gasteiger partial charge in [-0.25, -0.2) is 4.39 Å². The van der Waals surface area contributed by atoms with Crippen molar-refractivity contribution in [2.45, 2.75) is 16.7 Å². The smallest absolute Gasteiger partial charge is 0.206 e. The van der Waals surface area contributed by atoms with E-state index in [4.69, 9.17) is 0 Å². The molecule has 0 radical (unpaired) electrons. The summed E-state index contributed by atoms with van der Waals surface area (Å²) >= 11 is 1.03. The fourth-order valence-corrected chi connectivity index (χ4v) is 0.597. The van der Waals surface area contributed by atoms with Crippen molar-refractivity contribution in [1.82, 2.24) is 0 Å². The molecule has 0 aromatic rings. The lowest BCUT2D eigenvalue weighted by atomic mass is 10.1. The van der Waals surface area contributed by atoms with Crippen LogP contribution < -0.4 is 0 Å². The highest BCUT2D eigenvalue weighted by Crippen LogP contribution is 2.51. The highest BCUT2D eigenvalue weighted by Gasteiger charge is 2.72. The van der Waals surface area contributed by atoms with Gasteiger partial charge in [0.2, 0.25) is 0 Å². The molecular weight excluding hydrogens is 273 g/mol. The lowest BCUT2D eigenvalue weighted by Crippen LogP contribution is -2.51. The van der Waals surface area contributed by atoms with E-state index in [-0.39, 0.29) is 0 Å². The van der Waals surface area contributed by atoms with Crippen LogP contribution in [0.4, 0.5) is 30.7 Å². The molecule has 0 heterocycles. The third-order valence-corrected chi connectivity index (χ3v) is 1.59. The Balaban J connectivity index is 5.16. The summed E-state index contributed by atoms with van der Waals surface area (Å²) < 4.78 is 83.8. The first-order valence-corrected chi connectivity index (χ1v) is 3.41. The van der Waals surface area contributed by atoms with E-state index < -0.39 is 22.5 Å². The van der Waals surface area contributed by atoms with Gasteiger partial charge in [-0.15, -0.1) is 0 Å². The third-order valence-electron chi connectivity index (χ3n) is 1.09. The van der Waals surface area contributed by atoms with Crippen LogP contribution in [0.3, 0.4) is 0 Å². The summed E-state index contributed by atoms with van der Waals surface area (Å²) in [5.74, 6) is -14.3. The van der Waals surface area contributed by atoms with Gasteiger partial charge in [0.15, 0.2) is 5.83 Å². The Morgan fingerprint density at radius 2 is 1.31 bits per heavy atom. The number of allylic oxidation sites excluding steroid dienone is 1. The zero-order valence-electron chi connectivity index (χ0n) is 5.73. The van der Waals surface area contributed by atoms with Crippen molar-refractivity contribution in [2.24, 2.45) is 0 Å². The van der Waals surface area contributed by atoms with Crippen LogP contribution in [-0.4, -0.2) is 16.7 Å². The first kappa shape index (κ1) is 12.7. The van der Waals surface area contributed by atoms with Crippen molar-refractivity contribution in [1.29, 1.82) is 0 Å². The molecule has 0 nitrogen and oxygen atoms in total. The Kier molecular flexibility index (Phi) is 3.08. The van der Waals surface area contributed by atoms with Gasteiger partial charge in [-0.05, 0) is 15.9 Å². The maximum atomic E-state index is 12.1. The summed E-state index contributed by atoms with van der Waals surface area (Å²) in [5.41, 5.74) is 0. The van der Waals surface area contributed by atoms with Crippen LogP contribution in [0.25, 0.3) is 0 Å². The second-order valence-corrected chi connectivity index (χ2v) is 3.05. The van der Waals surface area contributed by atoms with Crippen molar-refractivity contribution in [3.8, 4) is 0 Å². The fraction of sp³-hybridized carbons (Fsp3) is 0.600. The second-order valence-electron chi connectivity index (χ2n) is 2.05. The first-order chi connectivity index (χ1) is 5.44. The van der Waals surface area contributed by atoms with E-state index in [1.807, 2.05) is 6.58 Å². The molecule has 0 rings (SSSR count).